The largest absolute Gasteiger partial charge is 0.352 e. The number of benzene rings is 2. The maximum Gasteiger partial charge on any atom is 0.321 e. The highest BCUT2D eigenvalue weighted by atomic mass is 16.2. The van der Waals surface area contributed by atoms with Crippen molar-refractivity contribution in [3.8, 4) is 0 Å². The van der Waals surface area contributed by atoms with E-state index in [2.05, 4.69) is 16.0 Å². The first-order valence-corrected chi connectivity index (χ1v) is 9.87. The summed E-state index contributed by atoms with van der Waals surface area (Å²) in [5.74, 6) is -0.411. The summed E-state index contributed by atoms with van der Waals surface area (Å²) in [6.07, 6.45) is 1.20. The minimum atomic E-state index is -0.165. The van der Waals surface area contributed by atoms with Crippen LogP contribution in [-0.2, 0) is 4.79 Å². The molecule has 152 valence electrons. The van der Waals surface area contributed by atoms with Gasteiger partial charge in [-0.1, -0.05) is 24.3 Å². The lowest BCUT2D eigenvalue weighted by Gasteiger charge is -2.31. The maximum absolute atomic E-state index is 12.6. The Morgan fingerprint density at radius 3 is 2.31 bits per heavy atom. The van der Waals surface area contributed by atoms with Crippen LogP contribution in [0.2, 0.25) is 0 Å². The first-order chi connectivity index (χ1) is 14.1. The molecule has 1 aliphatic heterocycles. The molecule has 0 bridgehead atoms. The molecule has 0 radical (unpaired) electrons. The van der Waals surface area contributed by atoms with E-state index in [0.717, 1.165) is 5.69 Å². The molecule has 1 heterocycles. The van der Waals surface area contributed by atoms with E-state index in [4.69, 9.17) is 0 Å². The fraction of sp³-hybridized carbons (Fsp3) is 0.318. The predicted octanol–water partition coefficient (Wildman–Crippen LogP) is 3.32. The number of urea groups is 1. The van der Waals surface area contributed by atoms with Crippen molar-refractivity contribution >= 4 is 29.2 Å². The molecule has 7 heteroatoms. The summed E-state index contributed by atoms with van der Waals surface area (Å²) in [6, 6.07) is 16.1. The zero-order valence-corrected chi connectivity index (χ0v) is 16.5. The van der Waals surface area contributed by atoms with Gasteiger partial charge in [-0.05, 0) is 50.1 Å². The summed E-state index contributed by atoms with van der Waals surface area (Å²) in [6.45, 7) is 3.45. The average Bonchev–Trinajstić information content (AvgIpc) is 2.75. The van der Waals surface area contributed by atoms with Gasteiger partial charge in [-0.2, -0.15) is 0 Å². The molecule has 7 nitrogen and oxygen atoms in total. The molecule has 3 rings (SSSR count). The Balaban J connectivity index is 1.50. The van der Waals surface area contributed by atoms with E-state index in [1.54, 1.807) is 29.2 Å². The van der Waals surface area contributed by atoms with Gasteiger partial charge >= 0.3 is 6.03 Å². The molecule has 0 unspecified atom stereocenters. The quantitative estimate of drug-likeness (QED) is 0.727. The van der Waals surface area contributed by atoms with E-state index < -0.39 is 0 Å². The summed E-state index contributed by atoms with van der Waals surface area (Å²) in [5.41, 5.74) is 1.87. The lowest BCUT2D eigenvalue weighted by molar-refractivity contribution is -0.121. The Bertz CT molecular complexity index is 861. The van der Waals surface area contributed by atoms with Crippen molar-refractivity contribution in [3.05, 3.63) is 60.2 Å². The second-order valence-electron chi connectivity index (χ2n) is 6.99. The number of carbonyl (C=O) groups is 3. The summed E-state index contributed by atoms with van der Waals surface area (Å²) in [5, 5.41) is 8.51. The van der Waals surface area contributed by atoms with Crippen molar-refractivity contribution in [1.82, 2.24) is 10.2 Å². The van der Waals surface area contributed by atoms with Crippen molar-refractivity contribution in [1.29, 1.82) is 0 Å². The minimum absolute atomic E-state index is 0.0823. The number of hydrogen-bond donors (Lipinski definition) is 3. The predicted molar refractivity (Wildman–Crippen MR) is 113 cm³/mol. The van der Waals surface area contributed by atoms with E-state index in [-0.39, 0.29) is 23.8 Å². The van der Waals surface area contributed by atoms with Gasteiger partial charge < -0.3 is 20.9 Å². The van der Waals surface area contributed by atoms with Crippen LogP contribution in [0, 0.1) is 5.92 Å². The highest BCUT2D eigenvalue weighted by molar-refractivity contribution is 5.97. The monoisotopic (exact) mass is 394 g/mol. The first kappa shape index (κ1) is 20.4. The molecule has 2 aromatic carbocycles. The fourth-order valence-corrected chi connectivity index (χ4v) is 3.31. The molecule has 4 amide bonds. The Morgan fingerprint density at radius 2 is 1.62 bits per heavy atom. The molecule has 0 aromatic heterocycles. The number of para-hydroxylation sites is 1. The van der Waals surface area contributed by atoms with Crippen LogP contribution in [0.1, 0.15) is 30.1 Å². The molecule has 1 saturated heterocycles. The molecule has 1 aliphatic rings. The Kier molecular flexibility index (Phi) is 6.84. The lowest BCUT2D eigenvalue weighted by Crippen LogP contribution is -2.43. The van der Waals surface area contributed by atoms with Crippen LogP contribution < -0.4 is 16.0 Å². The fourth-order valence-electron chi connectivity index (χ4n) is 3.31. The average molecular weight is 394 g/mol. The third-order valence-corrected chi connectivity index (χ3v) is 4.91. The van der Waals surface area contributed by atoms with Crippen LogP contribution in [0.15, 0.2) is 54.6 Å². The van der Waals surface area contributed by atoms with E-state index in [1.807, 2.05) is 37.3 Å². The molecule has 0 saturated carbocycles. The van der Waals surface area contributed by atoms with Crippen molar-refractivity contribution in [2.45, 2.75) is 19.8 Å². The number of anilines is 2. The zero-order valence-electron chi connectivity index (χ0n) is 16.5. The molecule has 3 N–H and O–H groups in total. The Labute approximate surface area is 170 Å². The van der Waals surface area contributed by atoms with Crippen LogP contribution >= 0.6 is 0 Å². The Hall–Kier alpha value is -3.35. The van der Waals surface area contributed by atoms with Crippen LogP contribution in [0.3, 0.4) is 0 Å². The summed E-state index contributed by atoms with van der Waals surface area (Å²) in [4.78, 5) is 38.7. The standard InChI is InChI=1S/C22H26N4O3/c1-2-23-20(27)17-7-6-10-19(15-17)24-21(28)16-11-13-26(14-12-16)22(29)25-18-8-4-3-5-9-18/h3-10,15-16H,2,11-14H2,1H3,(H,23,27)(H,24,28)(H,25,29). The van der Waals surface area contributed by atoms with E-state index in [9.17, 15) is 14.4 Å². The molecule has 0 spiro atoms. The first-order valence-electron chi connectivity index (χ1n) is 9.87. The van der Waals surface area contributed by atoms with E-state index >= 15 is 0 Å². The number of carbonyl (C=O) groups excluding carboxylic acids is 3. The number of piperidine rings is 1. The summed E-state index contributed by atoms with van der Waals surface area (Å²) < 4.78 is 0. The molecule has 2 aromatic rings. The number of amides is 4. The summed E-state index contributed by atoms with van der Waals surface area (Å²) in [7, 11) is 0. The number of nitrogens with one attached hydrogen (secondary N) is 3. The van der Waals surface area contributed by atoms with Crippen molar-refractivity contribution in [2.24, 2.45) is 5.92 Å². The van der Waals surface area contributed by atoms with Gasteiger partial charge in [-0.15, -0.1) is 0 Å². The van der Waals surface area contributed by atoms with Crippen molar-refractivity contribution in [2.75, 3.05) is 30.3 Å². The van der Waals surface area contributed by atoms with Crippen LogP contribution in [0.25, 0.3) is 0 Å². The maximum atomic E-state index is 12.6. The molecule has 0 aliphatic carbocycles. The van der Waals surface area contributed by atoms with Gasteiger partial charge in [0.05, 0.1) is 0 Å². The molecule has 1 fully saturated rings. The van der Waals surface area contributed by atoms with Crippen LogP contribution in [-0.4, -0.2) is 42.4 Å². The highest BCUT2D eigenvalue weighted by Crippen LogP contribution is 2.21. The molecular formula is C22H26N4O3. The van der Waals surface area contributed by atoms with Gasteiger partial charge in [0.25, 0.3) is 5.91 Å². The minimum Gasteiger partial charge on any atom is -0.352 e. The van der Waals surface area contributed by atoms with Gasteiger partial charge in [0, 0.05) is 42.5 Å². The normalized spacial score (nSPS) is 14.2. The van der Waals surface area contributed by atoms with E-state index in [1.165, 1.54) is 0 Å². The van der Waals surface area contributed by atoms with Gasteiger partial charge in [0.15, 0.2) is 0 Å². The van der Waals surface area contributed by atoms with Gasteiger partial charge in [-0.25, -0.2) is 4.79 Å². The van der Waals surface area contributed by atoms with Crippen LogP contribution in [0.5, 0.6) is 0 Å². The molecular weight excluding hydrogens is 368 g/mol. The number of likely N-dealkylation sites (tertiary alicyclic amines) is 1. The smallest absolute Gasteiger partial charge is 0.321 e. The summed E-state index contributed by atoms with van der Waals surface area (Å²) >= 11 is 0. The van der Waals surface area contributed by atoms with E-state index in [0.29, 0.717) is 43.7 Å². The second kappa shape index (κ2) is 9.73. The lowest BCUT2D eigenvalue weighted by atomic mass is 9.96. The molecule has 29 heavy (non-hydrogen) atoms. The Morgan fingerprint density at radius 1 is 0.931 bits per heavy atom. The number of hydrogen-bond acceptors (Lipinski definition) is 3. The van der Waals surface area contributed by atoms with Gasteiger partial charge in [0.2, 0.25) is 5.91 Å². The second-order valence-corrected chi connectivity index (χ2v) is 6.99. The zero-order chi connectivity index (χ0) is 20.6. The third kappa shape index (κ3) is 5.57. The third-order valence-electron chi connectivity index (χ3n) is 4.91. The van der Waals surface area contributed by atoms with Gasteiger partial charge in [-0.3, -0.25) is 9.59 Å². The number of nitrogens with zero attached hydrogens (tertiary/aromatic N) is 1. The van der Waals surface area contributed by atoms with Crippen molar-refractivity contribution < 1.29 is 14.4 Å². The van der Waals surface area contributed by atoms with Crippen molar-refractivity contribution in [3.63, 3.8) is 0 Å². The highest BCUT2D eigenvalue weighted by Gasteiger charge is 2.27. The number of rotatable bonds is 5. The molecule has 0 atom stereocenters. The van der Waals surface area contributed by atoms with Gasteiger partial charge in [0.1, 0.15) is 0 Å². The van der Waals surface area contributed by atoms with Crippen LogP contribution in [0.4, 0.5) is 16.2 Å². The SMILES string of the molecule is CCNC(=O)c1cccc(NC(=O)C2CCN(C(=O)Nc3ccccc3)CC2)c1. The topological polar surface area (TPSA) is 90.5 Å².